The van der Waals surface area contributed by atoms with Gasteiger partial charge < -0.3 is 10.6 Å². The zero-order valence-electron chi connectivity index (χ0n) is 11.3. The predicted molar refractivity (Wildman–Crippen MR) is 70.3 cm³/mol. The van der Waals surface area contributed by atoms with E-state index in [-0.39, 0.29) is 6.04 Å². The van der Waals surface area contributed by atoms with Crippen molar-refractivity contribution in [1.82, 2.24) is 4.90 Å². The molecule has 1 rings (SSSR count). The first-order valence-electron chi connectivity index (χ1n) is 6.35. The fourth-order valence-corrected chi connectivity index (χ4v) is 1.83. The maximum Gasteiger partial charge on any atom is 0.126 e. The maximum atomic E-state index is 13.1. The van der Waals surface area contributed by atoms with Crippen molar-refractivity contribution in [3.05, 3.63) is 35.4 Å². The van der Waals surface area contributed by atoms with Crippen LogP contribution in [0.4, 0.5) is 8.78 Å². The predicted octanol–water partition coefficient (Wildman–Crippen LogP) is 3.09. The number of nitrogens with two attached hydrogens (primary N) is 1. The molecule has 0 spiro atoms. The van der Waals surface area contributed by atoms with E-state index >= 15 is 0 Å². The monoisotopic (exact) mass is 256 g/mol. The molecule has 2 N–H and O–H groups in total. The fourth-order valence-electron chi connectivity index (χ4n) is 1.83. The van der Waals surface area contributed by atoms with E-state index in [1.54, 1.807) is 0 Å². The first kappa shape index (κ1) is 15.1. The van der Waals surface area contributed by atoms with E-state index in [0.717, 1.165) is 19.0 Å². The number of benzene rings is 1. The van der Waals surface area contributed by atoms with Crippen LogP contribution in [0.2, 0.25) is 0 Å². The topological polar surface area (TPSA) is 29.3 Å². The first-order chi connectivity index (χ1) is 8.43. The summed E-state index contributed by atoms with van der Waals surface area (Å²) in [7, 11) is 2.03. The summed E-state index contributed by atoms with van der Waals surface area (Å²) >= 11 is 0. The lowest BCUT2D eigenvalue weighted by molar-refractivity contribution is 0.243. The summed E-state index contributed by atoms with van der Waals surface area (Å²) in [4.78, 5) is 2.20. The van der Waals surface area contributed by atoms with Gasteiger partial charge in [0.1, 0.15) is 11.6 Å². The normalized spacial score (nSPS) is 14.8. The van der Waals surface area contributed by atoms with Crippen LogP contribution in [0.3, 0.4) is 0 Å². The second-order valence-electron chi connectivity index (χ2n) is 4.84. The summed E-state index contributed by atoms with van der Waals surface area (Å²) in [5.41, 5.74) is 6.48. The van der Waals surface area contributed by atoms with E-state index in [2.05, 4.69) is 18.7 Å². The number of hydrogen-bond acceptors (Lipinski definition) is 2. The van der Waals surface area contributed by atoms with Crippen LogP contribution in [0.25, 0.3) is 0 Å². The van der Waals surface area contributed by atoms with Crippen molar-refractivity contribution < 1.29 is 8.78 Å². The van der Waals surface area contributed by atoms with Crippen molar-refractivity contribution in [1.29, 1.82) is 0 Å². The quantitative estimate of drug-likeness (QED) is 0.847. The highest BCUT2D eigenvalue weighted by atomic mass is 19.1. The van der Waals surface area contributed by atoms with Crippen LogP contribution in [0.15, 0.2) is 18.2 Å². The molecule has 1 aromatic rings. The van der Waals surface area contributed by atoms with Gasteiger partial charge in [0.15, 0.2) is 0 Å². The second kappa shape index (κ2) is 6.81. The molecule has 0 saturated heterocycles. The molecule has 0 aliphatic heterocycles. The van der Waals surface area contributed by atoms with Crippen LogP contribution < -0.4 is 5.73 Å². The van der Waals surface area contributed by atoms with E-state index in [9.17, 15) is 8.78 Å². The molecule has 0 bridgehead atoms. The Balaban J connectivity index is 2.57. The molecule has 0 saturated carbocycles. The third-order valence-electron chi connectivity index (χ3n) is 3.45. The smallest absolute Gasteiger partial charge is 0.126 e. The SMILES string of the molecule is CCC(C)N(C)CCC(N)c1cc(F)cc(F)c1. The van der Waals surface area contributed by atoms with Gasteiger partial charge in [0.05, 0.1) is 0 Å². The molecule has 0 amide bonds. The Morgan fingerprint density at radius 1 is 1.22 bits per heavy atom. The van der Waals surface area contributed by atoms with Crippen molar-refractivity contribution in [2.24, 2.45) is 5.73 Å². The minimum absolute atomic E-state index is 0.332. The summed E-state index contributed by atoms with van der Waals surface area (Å²) < 4.78 is 26.1. The molecule has 1 aromatic carbocycles. The number of nitrogens with zero attached hydrogens (tertiary/aromatic N) is 1. The Labute approximate surface area is 108 Å². The average Bonchev–Trinajstić information content (AvgIpc) is 2.33. The van der Waals surface area contributed by atoms with Crippen molar-refractivity contribution in [3.63, 3.8) is 0 Å². The molecule has 0 heterocycles. The lowest BCUT2D eigenvalue weighted by Crippen LogP contribution is -2.31. The molecule has 0 aliphatic carbocycles. The first-order valence-corrected chi connectivity index (χ1v) is 6.35. The Kier molecular flexibility index (Phi) is 5.69. The Morgan fingerprint density at radius 2 is 1.78 bits per heavy atom. The number of rotatable bonds is 6. The molecule has 0 aromatic heterocycles. The van der Waals surface area contributed by atoms with Gasteiger partial charge >= 0.3 is 0 Å². The third-order valence-corrected chi connectivity index (χ3v) is 3.45. The van der Waals surface area contributed by atoms with Crippen LogP contribution >= 0.6 is 0 Å². The summed E-state index contributed by atoms with van der Waals surface area (Å²) in [5.74, 6) is -1.15. The Bertz CT molecular complexity index is 362. The van der Waals surface area contributed by atoms with Gasteiger partial charge in [0, 0.05) is 18.2 Å². The average molecular weight is 256 g/mol. The van der Waals surface area contributed by atoms with Crippen LogP contribution in [0.5, 0.6) is 0 Å². The molecular formula is C14H22F2N2. The number of halogens is 2. The molecule has 2 nitrogen and oxygen atoms in total. The molecule has 0 aliphatic rings. The molecule has 2 unspecified atom stereocenters. The van der Waals surface area contributed by atoms with Crippen LogP contribution in [0.1, 0.15) is 38.3 Å². The van der Waals surface area contributed by atoms with Gasteiger partial charge in [-0.3, -0.25) is 0 Å². The lowest BCUT2D eigenvalue weighted by Gasteiger charge is -2.25. The largest absolute Gasteiger partial charge is 0.324 e. The van der Waals surface area contributed by atoms with Crippen LogP contribution in [-0.2, 0) is 0 Å². The summed E-state index contributed by atoms with van der Waals surface area (Å²) in [5, 5.41) is 0. The Morgan fingerprint density at radius 3 is 2.28 bits per heavy atom. The maximum absolute atomic E-state index is 13.1. The van der Waals surface area contributed by atoms with Gasteiger partial charge in [-0.15, -0.1) is 0 Å². The second-order valence-corrected chi connectivity index (χ2v) is 4.84. The van der Waals surface area contributed by atoms with Gasteiger partial charge in [-0.25, -0.2) is 8.78 Å². The van der Waals surface area contributed by atoms with Gasteiger partial charge in [-0.1, -0.05) is 6.92 Å². The molecule has 0 radical (unpaired) electrons. The Hall–Kier alpha value is -1.00. The van der Waals surface area contributed by atoms with Crippen molar-refractivity contribution in [2.75, 3.05) is 13.6 Å². The van der Waals surface area contributed by atoms with E-state index in [4.69, 9.17) is 5.73 Å². The summed E-state index contributed by atoms with van der Waals surface area (Å²) in [6.07, 6.45) is 1.75. The van der Waals surface area contributed by atoms with E-state index in [1.807, 2.05) is 7.05 Å². The van der Waals surface area contributed by atoms with Crippen LogP contribution in [-0.4, -0.2) is 24.5 Å². The van der Waals surface area contributed by atoms with Crippen molar-refractivity contribution >= 4 is 0 Å². The third kappa shape index (κ3) is 4.35. The fraction of sp³-hybridized carbons (Fsp3) is 0.571. The van der Waals surface area contributed by atoms with E-state index in [0.29, 0.717) is 18.0 Å². The highest BCUT2D eigenvalue weighted by Gasteiger charge is 2.12. The standard InChI is InChI=1S/C14H22F2N2/c1-4-10(2)18(3)6-5-14(17)11-7-12(15)9-13(16)8-11/h7-10,14H,4-6,17H2,1-3H3. The van der Waals surface area contributed by atoms with E-state index in [1.165, 1.54) is 12.1 Å². The number of hydrogen-bond donors (Lipinski definition) is 1. The molecule has 18 heavy (non-hydrogen) atoms. The lowest BCUT2D eigenvalue weighted by atomic mass is 10.0. The summed E-state index contributed by atoms with van der Waals surface area (Å²) in [6, 6.07) is 3.62. The molecule has 102 valence electrons. The van der Waals surface area contributed by atoms with Gasteiger partial charge in [0.2, 0.25) is 0 Å². The summed E-state index contributed by atoms with van der Waals surface area (Å²) in [6.45, 7) is 5.09. The highest BCUT2D eigenvalue weighted by Crippen LogP contribution is 2.18. The molecular weight excluding hydrogens is 234 g/mol. The van der Waals surface area contributed by atoms with Crippen molar-refractivity contribution in [3.8, 4) is 0 Å². The zero-order chi connectivity index (χ0) is 13.7. The molecule has 2 atom stereocenters. The highest BCUT2D eigenvalue weighted by molar-refractivity contribution is 5.21. The molecule has 0 fully saturated rings. The van der Waals surface area contributed by atoms with Crippen LogP contribution in [0, 0.1) is 11.6 Å². The van der Waals surface area contributed by atoms with Gasteiger partial charge in [0.25, 0.3) is 0 Å². The van der Waals surface area contributed by atoms with Crippen molar-refractivity contribution in [2.45, 2.75) is 38.8 Å². The minimum atomic E-state index is -0.573. The van der Waals surface area contributed by atoms with Gasteiger partial charge in [-0.2, -0.15) is 0 Å². The van der Waals surface area contributed by atoms with Gasteiger partial charge in [-0.05, 0) is 51.1 Å². The van der Waals surface area contributed by atoms with E-state index < -0.39 is 11.6 Å². The zero-order valence-corrected chi connectivity index (χ0v) is 11.3. The minimum Gasteiger partial charge on any atom is -0.324 e. The molecule has 4 heteroatoms.